The number of hydrogen-bond donors (Lipinski definition) is 1. The van der Waals surface area contributed by atoms with Crippen molar-refractivity contribution >= 4 is 17.1 Å². The van der Waals surface area contributed by atoms with E-state index in [1.165, 1.54) is 28.1 Å². The second-order valence-electron chi connectivity index (χ2n) is 7.41. The SMILES string of the molecule is CCN1CN(C)Cc2cc(O)c3c(c21)CN1CN3Cc2ccccc21. The smallest absolute Gasteiger partial charge is 0.139 e. The zero-order valence-electron chi connectivity index (χ0n) is 14.9. The Balaban J connectivity index is 1.69. The van der Waals surface area contributed by atoms with Gasteiger partial charge in [0, 0.05) is 43.1 Å². The molecule has 1 N–H and O–H groups in total. The van der Waals surface area contributed by atoms with Crippen molar-refractivity contribution in [3.63, 3.8) is 0 Å². The molecule has 2 aromatic carbocycles. The fourth-order valence-corrected chi connectivity index (χ4v) is 4.71. The van der Waals surface area contributed by atoms with E-state index in [2.05, 4.69) is 57.8 Å². The third-order valence-corrected chi connectivity index (χ3v) is 5.68. The Morgan fingerprint density at radius 3 is 2.64 bits per heavy atom. The molecular weight excluding hydrogens is 312 g/mol. The standard InChI is InChI=1S/C20H24N4O/c1-3-22-12-21(2)9-15-8-18(25)20-16(19(15)22)11-23-13-24(20)10-14-6-4-5-7-17(14)23/h4-8,25H,3,9-13H2,1-2H3. The van der Waals surface area contributed by atoms with E-state index >= 15 is 0 Å². The molecule has 0 aliphatic carbocycles. The summed E-state index contributed by atoms with van der Waals surface area (Å²) in [6, 6.07) is 10.6. The molecule has 0 unspecified atom stereocenters. The number of hydrogen-bond acceptors (Lipinski definition) is 5. The summed E-state index contributed by atoms with van der Waals surface area (Å²) in [6.45, 7) is 7.59. The Labute approximate surface area is 148 Å². The Hall–Kier alpha value is -2.40. The fraction of sp³-hybridized carbons (Fsp3) is 0.400. The van der Waals surface area contributed by atoms with Gasteiger partial charge in [-0.3, -0.25) is 4.90 Å². The molecular formula is C20H24N4O. The molecule has 0 spiro atoms. The lowest BCUT2D eigenvalue weighted by Crippen LogP contribution is -2.48. The van der Waals surface area contributed by atoms with Crippen LogP contribution in [0.15, 0.2) is 30.3 Å². The number of anilines is 3. The van der Waals surface area contributed by atoms with Crippen LogP contribution in [0.1, 0.15) is 23.6 Å². The van der Waals surface area contributed by atoms with Gasteiger partial charge >= 0.3 is 0 Å². The Bertz CT molecular complexity index is 850. The van der Waals surface area contributed by atoms with Crippen LogP contribution in [-0.2, 0) is 19.6 Å². The normalized spacial score (nSPS) is 18.7. The van der Waals surface area contributed by atoms with Crippen LogP contribution in [0.4, 0.5) is 17.1 Å². The van der Waals surface area contributed by atoms with Gasteiger partial charge in [0.2, 0.25) is 0 Å². The number of para-hydroxylation sites is 1. The first-order chi connectivity index (χ1) is 12.2. The van der Waals surface area contributed by atoms with E-state index in [0.29, 0.717) is 5.75 Å². The highest BCUT2D eigenvalue weighted by atomic mass is 16.3. The minimum atomic E-state index is 0.430. The van der Waals surface area contributed by atoms with Crippen LogP contribution in [0.2, 0.25) is 0 Å². The summed E-state index contributed by atoms with van der Waals surface area (Å²) < 4.78 is 0. The maximum Gasteiger partial charge on any atom is 0.139 e. The molecule has 0 fully saturated rings. The van der Waals surface area contributed by atoms with Gasteiger partial charge < -0.3 is 19.8 Å². The van der Waals surface area contributed by atoms with Gasteiger partial charge in [-0.05, 0) is 37.2 Å². The minimum Gasteiger partial charge on any atom is -0.506 e. The van der Waals surface area contributed by atoms with Gasteiger partial charge in [-0.15, -0.1) is 0 Å². The highest BCUT2D eigenvalue weighted by Gasteiger charge is 2.35. The summed E-state index contributed by atoms with van der Waals surface area (Å²) in [5, 5.41) is 10.8. The molecule has 2 bridgehead atoms. The number of benzene rings is 2. The first-order valence-electron chi connectivity index (χ1n) is 9.04. The van der Waals surface area contributed by atoms with Gasteiger partial charge in [0.05, 0.1) is 19.0 Å². The Kier molecular flexibility index (Phi) is 3.16. The van der Waals surface area contributed by atoms with Crippen molar-refractivity contribution in [1.82, 2.24) is 4.90 Å². The van der Waals surface area contributed by atoms with Crippen LogP contribution in [0.5, 0.6) is 5.75 Å². The maximum absolute atomic E-state index is 10.8. The highest BCUT2D eigenvalue weighted by molar-refractivity contribution is 5.81. The van der Waals surface area contributed by atoms with E-state index < -0.39 is 0 Å². The molecule has 2 aromatic rings. The molecule has 5 rings (SSSR count). The van der Waals surface area contributed by atoms with Gasteiger partial charge in [-0.25, -0.2) is 0 Å². The number of nitrogens with zero attached hydrogens (tertiary/aromatic N) is 4. The summed E-state index contributed by atoms with van der Waals surface area (Å²) in [6.07, 6.45) is 0. The average molecular weight is 336 g/mol. The summed E-state index contributed by atoms with van der Waals surface area (Å²) in [7, 11) is 2.14. The maximum atomic E-state index is 10.8. The fourth-order valence-electron chi connectivity index (χ4n) is 4.71. The van der Waals surface area contributed by atoms with Crippen LogP contribution in [0.25, 0.3) is 0 Å². The summed E-state index contributed by atoms with van der Waals surface area (Å²) in [4.78, 5) is 9.50. The second-order valence-corrected chi connectivity index (χ2v) is 7.41. The average Bonchev–Trinajstić information content (AvgIpc) is 2.60. The number of phenolic OH excluding ortho intramolecular Hbond substituents is 1. The second kappa shape index (κ2) is 5.30. The third-order valence-electron chi connectivity index (χ3n) is 5.68. The molecule has 5 heteroatoms. The van der Waals surface area contributed by atoms with Crippen LogP contribution in [0, 0.1) is 0 Å². The number of aromatic hydroxyl groups is 1. The van der Waals surface area contributed by atoms with E-state index in [4.69, 9.17) is 0 Å². The molecule has 5 nitrogen and oxygen atoms in total. The lowest BCUT2D eigenvalue weighted by Gasteiger charge is -2.47. The molecule has 0 aromatic heterocycles. The quantitative estimate of drug-likeness (QED) is 0.866. The zero-order valence-corrected chi connectivity index (χ0v) is 14.9. The van der Waals surface area contributed by atoms with Gasteiger partial charge in [0.15, 0.2) is 0 Å². The molecule has 25 heavy (non-hydrogen) atoms. The lowest BCUT2D eigenvalue weighted by atomic mass is 9.95. The van der Waals surface area contributed by atoms with Crippen LogP contribution >= 0.6 is 0 Å². The number of rotatable bonds is 1. The summed E-state index contributed by atoms with van der Waals surface area (Å²) in [5.74, 6) is 0.430. The lowest BCUT2D eigenvalue weighted by molar-refractivity contribution is 0.309. The van der Waals surface area contributed by atoms with E-state index in [1.807, 2.05) is 6.07 Å². The molecule has 0 saturated carbocycles. The van der Waals surface area contributed by atoms with Crippen LogP contribution in [0.3, 0.4) is 0 Å². The number of phenols is 1. The van der Waals surface area contributed by atoms with E-state index in [1.54, 1.807) is 0 Å². The largest absolute Gasteiger partial charge is 0.506 e. The van der Waals surface area contributed by atoms with E-state index in [0.717, 1.165) is 45.2 Å². The topological polar surface area (TPSA) is 33.2 Å². The molecule has 0 saturated heterocycles. The monoisotopic (exact) mass is 336 g/mol. The predicted octanol–water partition coefficient (Wildman–Crippen LogP) is 2.92. The van der Waals surface area contributed by atoms with Crippen LogP contribution < -0.4 is 14.7 Å². The molecule has 0 amide bonds. The first-order valence-corrected chi connectivity index (χ1v) is 9.04. The molecule has 0 atom stereocenters. The van der Waals surface area contributed by atoms with E-state index in [-0.39, 0.29) is 0 Å². The number of fused-ring (bicyclic) bond motifs is 8. The van der Waals surface area contributed by atoms with Crippen molar-refractivity contribution in [1.29, 1.82) is 0 Å². The van der Waals surface area contributed by atoms with Crippen molar-refractivity contribution in [3.8, 4) is 5.75 Å². The highest BCUT2D eigenvalue weighted by Crippen LogP contribution is 2.48. The van der Waals surface area contributed by atoms with Gasteiger partial charge in [0.25, 0.3) is 0 Å². The predicted molar refractivity (Wildman–Crippen MR) is 101 cm³/mol. The van der Waals surface area contributed by atoms with Crippen LogP contribution in [-0.4, -0.2) is 36.9 Å². The minimum absolute atomic E-state index is 0.430. The van der Waals surface area contributed by atoms with Gasteiger partial charge in [-0.1, -0.05) is 18.2 Å². The zero-order chi connectivity index (χ0) is 17.1. The van der Waals surface area contributed by atoms with Crippen molar-refractivity contribution in [3.05, 3.63) is 47.0 Å². The summed E-state index contributed by atoms with van der Waals surface area (Å²) in [5.41, 5.74) is 7.56. The molecule has 3 aliphatic rings. The third kappa shape index (κ3) is 2.12. The van der Waals surface area contributed by atoms with Crippen molar-refractivity contribution in [2.75, 3.05) is 41.6 Å². The molecule has 130 valence electrons. The van der Waals surface area contributed by atoms with Gasteiger partial charge in [-0.2, -0.15) is 0 Å². The summed E-state index contributed by atoms with van der Waals surface area (Å²) >= 11 is 0. The Morgan fingerprint density at radius 1 is 0.960 bits per heavy atom. The first kappa shape index (κ1) is 14.9. The van der Waals surface area contributed by atoms with Gasteiger partial charge in [0.1, 0.15) is 5.75 Å². The van der Waals surface area contributed by atoms with E-state index in [9.17, 15) is 5.11 Å². The Morgan fingerprint density at radius 2 is 1.80 bits per heavy atom. The molecule has 0 radical (unpaired) electrons. The molecule has 3 aliphatic heterocycles. The van der Waals surface area contributed by atoms with Crippen molar-refractivity contribution < 1.29 is 5.11 Å². The van der Waals surface area contributed by atoms with Crippen molar-refractivity contribution in [2.24, 2.45) is 0 Å². The molecule has 3 heterocycles. The van der Waals surface area contributed by atoms with Crippen molar-refractivity contribution in [2.45, 2.75) is 26.6 Å².